The maximum Gasteiger partial charge on any atom is 0.323 e. The summed E-state index contributed by atoms with van der Waals surface area (Å²) < 4.78 is 2.05. The lowest BCUT2D eigenvalue weighted by molar-refractivity contribution is -0.143. The highest BCUT2D eigenvalue weighted by Crippen LogP contribution is 2.23. The number of carboxylic acid groups (broad SMARTS) is 1. The lowest BCUT2D eigenvalue weighted by Crippen LogP contribution is -2.47. The van der Waals surface area contributed by atoms with Crippen molar-refractivity contribution >= 4 is 17.3 Å². The van der Waals surface area contributed by atoms with E-state index in [4.69, 9.17) is 10.8 Å². The van der Waals surface area contributed by atoms with Crippen LogP contribution in [0.15, 0.2) is 29.9 Å². The van der Waals surface area contributed by atoms with Crippen molar-refractivity contribution in [3.05, 3.63) is 29.9 Å². The second-order valence-corrected chi connectivity index (χ2v) is 5.79. The molecular weight excluding hydrogens is 274 g/mol. The zero-order chi connectivity index (χ0) is 14.6. The Hall–Kier alpha value is -1.66. The molecule has 0 amide bonds. The third-order valence-corrected chi connectivity index (χ3v) is 4.40. The Morgan fingerprint density at radius 3 is 3.00 bits per heavy atom. The van der Waals surface area contributed by atoms with Gasteiger partial charge < -0.3 is 15.4 Å². The van der Waals surface area contributed by atoms with Crippen LogP contribution in [0.5, 0.6) is 0 Å². The van der Waals surface area contributed by atoms with Gasteiger partial charge in [-0.15, -0.1) is 11.3 Å². The third kappa shape index (κ3) is 3.08. The molecule has 2 heterocycles. The normalized spacial score (nSPS) is 14.1. The van der Waals surface area contributed by atoms with Crippen LogP contribution in [-0.2, 0) is 11.3 Å². The fourth-order valence-electron chi connectivity index (χ4n) is 2.12. The molecule has 6 heteroatoms. The lowest BCUT2D eigenvalue weighted by Gasteiger charge is -2.22. The Bertz CT molecular complexity index is 565. The van der Waals surface area contributed by atoms with Crippen LogP contribution in [0.3, 0.4) is 0 Å². The number of aromatic nitrogens is 2. The van der Waals surface area contributed by atoms with Gasteiger partial charge in [0, 0.05) is 18.9 Å². The molecule has 0 spiro atoms. The molecule has 0 aliphatic rings. The zero-order valence-electron chi connectivity index (χ0n) is 11.5. The van der Waals surface area contributed by atoms with Crippen molar-refractivity contribution in [1.82, 2.24) is 9.55 Å². The van der Waals surface area contributed by atoms with Crippen molar-refractivity contribution in [3.8, 4) is 10.7 Å². The van der Waals surface area contributed by atoms with Crippen LogP contribution in [0, 0.1) is 0 Å². The van der Waals surface area contributed by atoms with E-state index in [9.17, 15) is 4.79 Å². The van der Waals surface area contributed by atoms with Gasteiger partial charge in [0.15, 0.2) is 0 Å². The van der Waals surface area contributed by atoms with Crippen molar-refractivity contribution in [3.63, 3.8) is 0 Å². The monoisotopic (exact) mass is 293 g/mol. The van der Waals surface area contributed by atoms with Gasteiger partial charge in [0.05, 0.1) is 4.88 Å². The van der Waals surface area contributed by atoms with E-state index in [2.05, 4.69) is 4.98 Å². The Morgan fingerprint density at radius 2 is 2.40 bits per heavy atom. The lowest BCUT2D eigenvalue weighted by atomic mass is 9.92. The van der Waals surface area contributed by atoms with Gasteiger partial charge >= 0.3 is 5.97 Å². The molecule has 0 bridgehead atoms. The highest BCUT2D eigenvalue weighted by atomic mass is 32.1. The standard InChI is InChI=1S/C14H19N3O2S/c1-2-14(15,13(18)19)6-4-8-17-9-7-16-12(17)11-5-3-10-20-11/h3,5,7,9-10H,2,4,6,8,15H2,1H3,(H,18,19). The van der Waals surface area contributed by atoms with Gasteiger partial charge in [-0.2, -0.15) is 0 Å². The topological polar surface area (TPSA) is 81.1 Å². The molecule has 0 radical (unpaired) electrons. The fourth-order valence-corrected chi connectivity index (χ4v) is 2.86. The molecule has 3 N–H and O–H groups in total. The van der Waals surface area contributed by atoms with Gasteiger partial charge in [0.1, 0.15) is 11.4 Å². The number of aliphatic carboxylic acids is 1. The molecule has 0 aromatic carbocycles. The largest absolute Gasteiger partial charge is 0.480 e. The molecular formula is C14H19N3O2S. The number of nitrogens with zero attached hydrogens (tertiary/aromatic N) is 2. The predicted octanol–water partition coefficient (Wildman–Crippen LogP) is 2.58. The molecule has 2 rings (SSSR count). The van der Waals surface area contributed by atoms with Crippen molar-refractivity contribution in [2.24, 2.45) is 5.73 Å². The predicted molar refractivity (Wildman–Crippen MR) is 79.6 cm³/mol. The summed E-state index contributed by atoms with van der Waals surface area (Å²) in [7, 11) is 0. The molecule has 0 fully saturated rings. The number of carboxylic acids is 1. The number of nitrogens with two attached hydrogens (primary N) is 1. The summed E-state index contributed by atoms with van der Waals surface area (Å²) in [5.74, 6) is -0.00134. The van der Waals surface area contributed by atoms with Crippen LogP contribution in [-0.4, -0.2) is 26.2 Å². The van der Waals surface area contributed by atoms with Crippen LogP contribution in [0.25, 0.3) is 10.7 Å². The van der Waals surface area contributed by atoms with Crippen LogP contribution in [0.4, 0.5) is 0 Å². The van der Waals surface area contributed by atoms with E-state index < -0.39 is 11.5 Å². The Kier molecular flexibility index (Phi) is 4.57. The highest BCUT2D eigenvalue weighted by molar-refractivity contribution is 7.13. The third-order valence-electron chi connectivity index (χ3n) is 3.54. The van der Waals surface area contributed by atoms with Crippen LogP contribution in [0.1, 0.15) is 26.2 Å². The first kappa shape index (κ1) is 14.7. The number of aryl methyl sites for hydroxylation is 1. The Morgan fingerprint density at radius 1 is 1.60 bits per heavy atom. The number of hydrogen-bond acceptors (Lipinski definition) is 4. The van der Waals surface area contributed by atoms with Crippen LogP contribution in [0.2, 0.25) is 0 Å². The second-order valence-electron chi connectivity index (χ2n) is 4.84. The van der Waals surface area contributed by atoms with Crippen molar-refractivity contribution in [2.45, 2.75) is 38.3 Å². The second kappa shape index (κ2) is 6.19. The average molecular weight is 293 g/mol. The molecule has 1 atom stereocenters. The molecule has 2 aromatic heterocycles. The molecule has 0 saturated heterocycles. The molecule has 1 unspecified atom stereocenters. The number of thiophene rings is 1. The molecule has 5 nitrogen and oxygen atoms in total. The van der Waals surface area contributed by atoms with Gasteiger partial charge in [0.2, 0.25) is 0 Å². The Balaban J connectivity index is 1.99. The van der Waals surface area contributed by atoms with E-state index in [0.717, 1.165) is 17.2 Å². The molecule has 0 aliphatic carbocycles. The van der Waals surface area contributed by atoms with Gasteiger partial charge in [-0.3, -0.25) is 4.79 Å². The maximum atomic E-state index is 11.2. The van der Waals surface area contributed by atoms with E-state index >= 15 is 0 Å². The minimum Gasteiger partial charge on any atom is -0.480 e. The van der Waals surface area contributed by atoms with Crippen molar-refractivity contribution in [2.75, 3.05) is 0 Å². The van der Waals surface area contributed by atoms with E-state index in [1.165, 1.54) is 0 Å². The number of hydrogen-bond donors (Lipinski definition) is 2. The first-order valence-corrected chi connectivity index (χ1v) is 7.52. The van der Waals surface area contributed by atoms with Crippen molar-refractivity contribution < 1.29 is 9.90 Å². The SMILES string of the molecule is CCC(N)(CCCn1ccnc1-c1cccs1)C(=O)O. The number of rotatable bonds is 7. The quantitative estimate of drug-likeness (QED) is 0.822. The molecule has 2 aromatic rings. The van der Waals surface area contributed by atoms with E-state index in [-0.39, 0.29) is 0 Å². The summed E-state index contributed by atoms with van der Waals surface area (Å²) in [6.07, 6.45) is 5.29. The molecule has 108 valence electrons. The number of carbonyl (C=O) groups is 1. The minimum atomic E-state index is -1.12. The summed E-state index contributed by atoms with van der Waals surface area (Å²) in [6, 6.07) is 4.02. The molecule has 20 heavy (non-hydrogen) atoms. The van der Waals surface area contributed by atoms with Crippen LogP contribution >= 0.6 is 11.3 Å². The highest BCUT2D eigenvalue weighted by Gasteiger charge is 2.31. The molecule has 0 aliphatic heterocycles. The van der Waals surface area contributed by atoms with Gasteiger partial charge in [-0.25, -0.2) is 4.98 Å². The first-order valence-electron chi connectivity index (χ1n) is 6.64. The minimum absolute atomic E-state index is 0.435. The van der Waals surface area contributed by atoms with Crippen LogP contribution < -0.4 is 5.73 Å². The zero-order valence-corrected chi connectivity index (χ0v) is 12.3. The summed E-state index contributed by atoms with van der Waals surface area (Å²) in [5.41, 5.74) is 4.77. The summed E-state index contributed by atoms with van der Waals surface area (Å²) >= 11 is 1.64. The van der Waals surface area contributed by atoms with E-state index in [1.54, 1.807) is 17.5 Å². The Labute approximate surface area is 122 Å². The van der Waals surface area contributed by atoms with Crippen molar-refractivity contribution in [1.29, 1.82) is 0 Å². The summed E-state index contributed by atoms with van der Waals surface area (Å²) in [4.78, 5) is 16.6. The number of imidazole rings is 1. The molecule has 0 saturated carbocycles. The van der Waals surface area contributed by atoms with Gasteiger partial charge in [0.25, 0.3) is 0 Å². The maximum absolute atomic E-state index is 11.2. The van der Waals surface area contributed by atoms with E-state index in [0.29, 0.717) is 19.3 Å². The summed E-state index contributed by atoms with van der Waals surface area (Å²) in [6.45, 7) is 2.53. The smallest absolute Gasteiger partial charge is 0.323 e. The van der Waals surface area contributed by atoms with Gasteiger partial charge in [-0.1, -0.05) is 13.0 Å². The fraction of sp³-hybridized carbons (Fsp3) is 0.429. The van der Waals surface area contributed by atoms with E-state index in [1.807, 2.05) is 35.2 Å². The van der Waals surface area contributed by atoms with Gasteiger partial charge in [-0.05, 0) is 30.7 Å². The summed E-state index contributed by atoms with van der Waals surface area (Å²) in [5, 5.41) is 11.2. The average Bonchev–Trinajstić information content (AvgIpc) is 3.08. The first-order chi connectivity index (χ1) is 9.57.